The van der Waals surface area contributed by atoms with Gasteiger partial charge in [0, 0.05) is 21.8 Å². The van der Waals surface area contributed by atoms with Crippen molar-refractivity contribution in [3.8, 4) is 0 Å². The molecule has 0 saturated carbocycles. The van der Waals surface area contributed by atoms with Gasteiger partial charge < -0.3 is 0 Å². The van der Waals surface area contributed by atoms with Crippen LogP contribution < -0.4 is 0 Å². The molecular weight excluding hydrogens is 186 g/mol. The summed E-state index contributed by atoms with van der Waals surface area (Å²) in [5.74, 6) is 0. The predicted octanol–water partition coefficient (Wildman–Crippen LogP) is 3.38. The molecule has 0 atom stereocenters. The maximum absolute atomic E-state index is 4.27. The third kappa shape index (κ3) is 2.57. The lowest BCUT2D eigenvalue weighted by molar-refractivity contribution is 1.23. The second kappa shape index (κ2) is 4.58. The lowest BCUT2D eigenvalue weighted by Gasteiger charge is -2.07. The maximum Gasteiger partial charge on any atom is 0.00848 e. The van der Waals surface area contributed by atoms with Crippen molar-refractivity contribution in [1.82, 2.24) is 0 Å². The molecule has 0 bridgehead atoms. The third-order valence-electron chi connectivity index (χ3n) is 1.60. The Kier molecular flexibility index (Phi) is 3.69. The average Bonchev–Trinajstić information content (AvgIpc) is 2.05. The molecule has 0 aromatic rings. The second-order valence-electron chi connectivity index (χ2n) is 2.48. The van der Waals surface area contributed by atoms with Crippen LogP contribution in [0.25, 0.3) is 0 Å². The normalized spacial score (nSPS) is 20.3. The number of nitrogens with zero attached hydrogens (tertiary/aromatic N) is 1. The van der Waals surface area contributed by atoms with Crippen LogP contribution in [-0.2, 0) is 0 Å². The average molecular weight is 197 g/mol. The van der Waals surface area contributed by atoms with E-state index >= 15 is 0 Å². The van der Waals surface area contributed by atoms with Crippen molar-refractivity contribution in [1.29, 1.82) is 0 Å². The first-order valence-electron chi connectivity index (χ1n) is 3.64. The SMILES string of the molecule is C=NS/C(C)=C1/C=C(S)C=CC1. The van der Waals surface area contributed by atoms with Crippen molar-refractivity contribution < 1.29 is 0 Å². The van der Waals surface area contributed by atoms with Crippen LogP contribution in [0.1, 0.15) is 13.3 Å². The summed E-state index contributed by atoms with van der Waals surface area (Å²) in [5.41, 5.74) is 1.28. The van der Waals surface area contributed by atoms with E-state index in [0.717, 1.165) is 11.3 Å². The number of allylic oxidation sites excluding steroid dienone is 5. The zero-order valence-corrected chi connectivity index (χ0v) is 8.66. The van der Waals surface area contributed by atoms with E-state index in [4.69, 9.17) is 0 Å². The molecule has 0 unspecified atom stereocenters. The minimum atomic E-state index is 0.971. The first-order chi connectivity index (χ1) is 5.74. The molecule has 0 aromatic carbocycles. The Morgan fingerprint density at radius 1 is 1.75 bits per heavy atom. The van der Waals surface area contributed by atoms with Gasteiger partial charge >= 0.3 is 0 Å². The second-order valence-corrected chi connectivity index (χ2v) is 4.05. The molecule has 12 heavy (non-hydrogen) atoms. The van der Waals surface area contributed by atoms with Gasteiger partial charge in [0.25, 0.3) is 0 Å². The van der Waals surface area contributed by atoms with Crippen molar-refractivity contribution in [2.75, 3.05) is 0 Å². The molecular formula is C9H11NS2. The maximum atomic E-state index is 4.27. The molecule has 3 heteroatoms. The van der Waals surface area contributed by atoms with E-state index in [1.807, 2.05) is 13.0 Å². The van der Waals surface area contributed by atoms with Crippen molar-refractivity contribution in [3.05, 3.63) is 33.6 Å². The monoisotopic (exact) mass is 197 g/mol. The first kappa shape index (κ1) is 9.68. The van der Waals surface area contributed by atoms with E-state index in [1.165, 1.54) is 22.4 Å². The molecule has 0 aromatic heterocycles. The van der Waals surface area contributed by atoms with Gasteiger partial charge in [0.2, 0.25) is 0 Å². The highest BCUT2D eigenvalue weighted by Gasteiger charge is 2.02. The van der Waals surface area contributed by atoms with Gasteiger partial charge in [0.15, 0.2) is 0 Å². The first-order valence-corrected chi connectivity index (χ1v) is 4.86. The van der Waals surface area contributed by atoms with Gasteiger partial charge in [-0.3, -0.25) is 0 Å². The summed E-state index contributed by atoms with van der Waals surface area (Å²) in [4.78, 5) is 2.20. The van der Waals surface area contributed by atoms with Crippen LogP contribution in [0.15, 0.2) is 38.0 Å². The Labute approximate surface area is 82.9 Å². The van der Waals surface area contributed by atoms with E-state index < -0.39 is 0 Å². The Morgan fingerprint density at radius 3 is 3.08 bits per heavy atom. The lowest BCUT2D eigenvalue weighted by Crippen LogP contribution is -1.86. The summed E-state index contributed by atoms with van der Waals surface area (Å²) in [7, 11) is 0. The molecule has 0 N–H and O–H groups in total. The molecule has 0 spiro atoms. The number of thiol groups is 1. The van der Waals surface area contributed by atoms with E-state index in [-0.39, 0.29) is 0 Å². The van der Waals surface area contributed by atoms with E-state index in [2.05, 4.69) is 35.9 Å². The van der Waals surface area contributed by atoms with Crippen LogP contribution in [0.2, 0.25) is 0 Å². The molecule has 1 aliphatic carbocycles. The Morgan fingerprint density at radius 2 is 2.50 bits per heavy atom. The van der Waals surface area contributed by atoms with Crippen molar-refractivity contribution in [2.45, 2.75) is 13.3 Å². The summed E-state index contributed by atoms with van der Waals surface area (Å²) < 4.78 is 3.77. The fourth-order valence-electron chi connectivity index (χ4n) is 0.993. The van der Waals surface area contributed by atoms with Crippen molar-refractivity contribution in [2.24, 2.45) is 4.40 Å². The number of hydrogen-bond acceptors (Lipinski definition) is 3. The third-order valence-corrected chi connectivity index (χ3v) is 2.55. The molecule has 0 saturated heterocycles. The molecule has 1 aliphatic rings. The quantitative estimate of drug-likeness (QED) is 0.406. The Hall–Kier alpha value is -0.410. The zero-order valence-electron chi connectivity index (χ0n) is 6.95. The van der Waals surface area contributed by atoms with Gasteiger partial charge in [-0.15, -0.1) is 12.6 Å². The summed E-state index contributed by atoms with van der Waals surface area (Å²) in [6.45, 7) is 5.48. The predicted molar refractivity (Wildman–Crippen MR) is 60.7 cm³/mol. The summed E-state index contributed by atoms with van der Waals surface area (Å²) in [5, 5.41) is 0. The highest BCUT2D eigenvalue weighted by atomic mass is 32.2. The van der Waals surface area contributed by atoms with Crippen LogP contribution >= 0.6 is 24.6 Å². The largest absolute Gasteiger partial charge is 0.228 e. The number of hydrogen-bond donors (Lipinski definition) is 1. The van der Waals surface area contributed by atoms with E-state index in [0.29, 0.717) is 0 Å². The minimum absolute atomic E-state index is 0.971. The standard InChI is InChI=1S/C9H11NS2/c1-7(12-10-2)8-4-3-5-9(11)6-8/h3,5-6,11H,2,4H2,1H3/b8-7+. The minimum Gasteiger partial charge on any atom is -0.228 e. The highest BCUT2D eigenvalue weighted by Crippen LogP contribution is 2.27. The van der Waals surface area contributed by atoms with Gasteiger partial charge in [0.1, 0.15) is 0 Å². The molecule has 1 rings (SSSR count). The number of rotatable bonds is 2. The summed E-state index contributed by atoms with van der Waals surface area (Å²) >= 11 is 5.69. The van der Waals surface area contributed by atoms with Gasteiger partial charge in [-0.1, -0.05) is 12.2 Å². The van der Waals surface area contributed by atoms with Gasteiger partial charge in [-0.25, -0.2) is 4.40 Å². The van der Waals surface area contributed by atoms with Crippen LogP contribution in [0.5, 0.6) is 0 Å². The van der Waals surface area contributed by atoms with E-state index in [9.17, 15) is 0 Å². The smallest absolute Gasteiger partial charge is 0.00848 e. The molecule has 0 aliphatic heterocycles. The van der Waals surface area contributed by atoms with Gasteiger partial charge in [0.05, 0.1) is 0 Å². The molecule has 0 fully saturated rings. The van der Waals surface area contributed by atoms with Crippen LogP contribution in [-0.4, -0.2) is 6.72 Å². The lowest BCUT2D eigenvalue weighted by atomic mass is 10.1. The molecule has 0 amide bonds. The van der Waals surface area contributed by atoms with Crippen molar-refractivity contribution >= 4 is 31.3 Å². The molecule has 0 heterocycles. The Bertz CT molecular complexity index is 274. The molecule has 0 radical (unpaired) electrons. The zero-order chi connectivity index (χ0) is 8.97. The van der Waals surface area contributed by atoms with Crippen LogP contribution in [0.3, 0.4) is 0 Å². The highest BCUT2D eigenvalue weighted by molar-refractivity contribution is 8.01. The molecule has 1 nitrogen and oxygen atoms in total. The van der Waals surface area contributed by atoms with Crippen molar-refractivity contribution in [3.63, 3.8) is 0 Å². The topological polar surface area (TPSA) is 12.4 Å². The fourth-order valence-corrected chi connectivity index (χ4v) is 1.71. The summed E-state index contributed by atoms with van der Waals surface area (Å²) in [6, 6.07) is 0. The van der Waals surface area contributed by atoms with E-state index in [1.54, 1.807) is 0 Å². The summed E-state index contributed by atoms with van der Waals surface area (Å²) in [6.07, 6.45) is 7.14. The van der Waals surface area contributed by atoms with Crippen LogP contribution in [0, 0.1) is 0 Å². The Balaban J connectivity index is 2.82. The van der Waals surface area contributed by atoms with Gasteiger partial charge in [-0.2, -0.15) is 0 Å². The van der Waals surface area contributed by atoms with Gasteiger partial charge in [-0.05, 0) is 31.7 Å². The fraction of sp³-hybridized carbons (Fsp3) is 0.222. The van der Waals surface area contributed by atoms with Crippen LogP contribution in [0.4, 0.5) is 0 Å². The molecule has 64 valence electrons.